The molecule has 60 heavy (non-hydrogen) atoms. The molecule has 19 heteroatoms. The molecule has 0 aromatic heterocycles. The molecule has 320 valence electrons. The number of hydrogen-bond acceptors (Lipinski definition) is 8. The predicted octanol–water partition coefficient (Wildman–Crippen LogP) is 6.26. The molecule has 0 spiro atoms. The summed E-state index contributed by atoms with van der Waals surface area (Å²) in [6.07, 6.45) is 4.33. The lowest BCUT2D eigenvalue weighted by atomic mass is 10.0. The first-order chi connectivity index (χ1) is 28.1. The Balaban J connectivity index is 0.000000228. The number of hydrogen-bond donors (Lipinski definition) is 3. The van der Waals surface area contributed by atoms with Crippen molar-refractivity contribution < 1.29 is 58.8 Å². The van der Waals surface area contributed by atoms with Crippen LogP contribution in [-0.2, 0) is 20.0 Å². The monoisotopic (exact) mass is 874 g/mol. The summed E-state index contributed by atoms with van der Waals surface area (Å²) >= 11 is 0. The third-order valence-corrected chi connectivity index (χ3v) is 11.3. The average Bonchev–Trinajstić information content (AvgIpc) is 3.83. The molecule has 2 atom stereocenters. The van der Waals surface area contributed by atoms with Gasteiger partial charge in [-0.25, -0.2) is 35.6 Å². The molecule has 2 unspecified atom stereocenters. The SMILES string of the molecule is CN(CCS(=O)(=O)O)C(=O)N1CC(c2cc(F)ccc2F)=CC1c1cccc(O)c1.CN(CCS(C)(=O)=O)C(=O)N1CC(c2cc(F)ccc2F)=CC1c1cccc(O)c1. The molecule has 0 bridgehead atoms. The van der Waals surface area contributed by atoms with Crippen molar-refractivity contribution in [3.05, 3.63) is 143 Å². The molecular weight excluding hydrogens is 833 g/mol. The molecule has 6 rings (SSSR count). The standard InChI is InChI=1S/C21H22F2N2O4S.C20H20F2N2O5S/c1-24(8-9-30(2,28)29)21(27)25-13-15(18-12-16(22)6-7-19(18)23)11-20(25)14-4-3-5-17(26)10-14;1-23(7-8-30(27,28)29)20(26)24-12-14(17-11-15(21)5-6-18(17)22)10-19(24)13-3-2-4-16(25)9-13/h3-7,10-12,20,26H,8-9,13H2,1-2H3;2-6,9-11,19,25H,7-8,12H2,1H3,(H,27,28,29). The Hall–Kier alpha value is -5.92. The van der Waals surface area contributed by atoms with Gasteiger partial charge in [-0.05, 0) is 82.9 Å². The van der Waals surface area contributed by atoms with Crippen molar-refractivity contribution in [2.45, 2.75) is 12.1 Å². The van der Waals surface area contributed by atoms with Crippen LogP contribution in [0, 0.1) is 23.3 Å². The molecule has 0 saturated carbocycles. The minimum absolute atomic E-state index is 0.00272. The van der Waals surface area contributed by atoms with Crippen LogP contribution < -0.4 is 0 Å². The van der Waals surface area contributed by atoms with Gasteiger partial charge in [0.25, 0.3) is 10.1 Å². The average molecular weight is 875 g/mol. The second-order valence-corrected chi connectivity index (χ2v) is 18.1. The maximum atomic E-state index is 14.3. The predicted molar refractivity (Wildman–Crippen MR) is 216 cm³/mol. The maximum Gasteiger partial charge on any atom is 0.320 e. The number of urea groups is 2. The Morgan fingerprint density at radius 3 is 1.42 bits per heavy atom. The minimum Gasteiger partial charge on any atom is -0.508 e. The maximum absolute atomic E-state index is 14.3. The van der Waals surface area contributed by atoms with E-state index < -0.39 is 73.1 Å². The highest BCUT2D eigenvalue weighted by molar-refractivity contribution is 7.90. The lowest BCUT2D eigenvalue weighted by molar-refractivity contribution is 0.163. The molecular formula is C41H42F4N4O9S2. The fraction of sp³-hybridized carbons (Fsp3) is 0.268. The zero-order valence-electron chi connectivity index (χ0n) is 32.5. The largest absolute Gasteiger partial charge is 0.508 e. The second kappa shape index (κ2) is 18.6. The minimum atomic E-state index is -4.26. The van der Waals surface area contributed by atoms with Crippen LogP contribution in [-0.4, -0.2) is 121 Å². The number of halogens is 4. The third kappa shape index (κ3) is 11.6. The number of rotatable bonds is 10. The van der Waals surface area contributed by atoms with Crippen LogP contribution in [0.3, 0.4) is 0 Å². The van der Waals surface area contributed by atoms with Gasteiger partial charge in [0.15, 0.2) is 0 Å². The second-order valence-electron chi connectivity index (χ2n) is 14.3. The summed E-state index contributed by atoms with van der Waals surface area (Å²) in [5, 5.41) is 19.6. The van der Waals surface area contributed by atoms with Gasteiger partial charge in [-0.3, -0.25) is 4.55 Å². The van der Waals surface area contributed by atoms with Crippen molar-refractivity contribution in [1.82, 2.24) is 19.6 Å². The topological polar surface area (TPSA) is 176 Å². The van der Waals surface area contributed by atoms with Crippen molar-refractivity contribution in [3.63, 3.8) is 0 Å². The number of carbonyl (C=O) groups is 2. The number of amides is 4. The third-order valence-electron chi connectivity index (χ3n) is 9.67. The van der Waals surface area contributed by atoms with Gasteiger partial charge in [-0.2, -0.15) is 8.42 Å². The molecule has 2 heterocycles. The van der Waals surface area contributed by atoms with Crippen LogP contribution in [0.5, 0.6) is 11.5 Å². The number of sulfone groups is 1. The van der Waals surface area contributed by atoms with E-state index >= 15 is 0 Å². The first kappa shape index (κ1) is 45.2. The highest BCUT2D eigenvalue weighted by Gasteiger charge is 2.35. The van der Waals surface area contributed by atoms with E-state index in [0.29, 0.717) is 22.3 Å². The summed E-state index contributed by atoms with van der Waals surface area (Å²) in [5.41, 5.74) is 1.98. The molecule has 2 aliphatic heterocycles. The van der Waals surface area contributed by atoms with Gasteiger partial charge in [-0.15, -0.1) is 0 Å². The number of aromatic hydroxyl groups is 2. The van der Waals surface area contributed by atoms with Crippen LogP contribution >= 0.6 is 0 Å². The van der Waals surface area contributed by atoms with Crippen molar-refractivity contribution in [2.24, 2.45) is 0 Å². The van der Waals surface area contributed by atoms with E-state index in [0.717, 1.165) is 47.6 Å². The molecule has 0 saturated heterocycles. The number of carbonyl (C=O) groups excluding carboxylic acids is 2. The first-order valence-corrected chi connectivity index (χ1v) is 21.8. The van der Waals surface area contributed by atoms with Crippen molar-refractivity contribution in [1.29, 1.82) is 0 Å². The first-order valence-electron chi connectivity index (χ1n) is 18.2. The summed E-state index contributed by atoms with van der Waals surface area (Å²) < 4.78 is 110. The van der Waals surface area contributed by atoms with Gasteiger partial charge in [0.2, 0.25) is 0 Å². The van der Waals surface area contributed by atoms with Crippen LogP contribution in [0.15, 0.2) is 97.1 Å². The zero-order chi connectivity index (χ0) is 44.1. The van der Waals surface area contributed by atoms with Gasteiger partial charge in [0.1, 0.15) is 44.6 Å². The van der Waals surface area contributed by atoms with Gasteiger partial charge in [0, 0.05) is 57.7 Å². The molecule has 13 nitrogen and oxygen atoms in total. The van der Waals surface area contributed by atoms with E-state index in [1.807, 2.05) is 0 Å². The lowest BCUT2D eigenvalue weighted by Crippen LogP contribution is -2.43. The van der Waals surface area contributed by atoms with E-state index in [1.54, 1.807) is 36.4 Å². The Morgan fingerprint density at radius 1 is 0.650 bits per heavy atom. The summed E-state index contributed by atoms with van der Waals surface area (Å²) in [7, 11) is -4.67. The number of phenols is 2. The zero-order valence-corrected chi connectivity index (χ0v) is 34.2. The number of phenolic OH excluding ortho intramolecular Hbond substituents is 2. The van der Waals surface area contributed by atoms with E-state index in [2.05, 4.69) is 0 Å². The Kier molecular flexibility index (Phi) is 14.0. The lowest BCUT2D eigenvalue weighted by Gasteiger charge is -2.30. The van der Waals surface area contributed by atoms with Crippen LogP contribution in [0.25, 0.3) is 11.1 Å². The molecule has 0 fully saturated rings. The van der Waals surface area contributed by atoms with Crippen molar-refractivity contribution in [3.8, 4) is 11.5 Å². The summed E-state index contributed by atoms with van der Waals surface area (Å²) in [4.78, 5) is 31.2. The fourth-order valence-corrected chi connectivity index (χ4v) is 7.71. The Bertz CT molecular complexity index is 2380. The molecule has 4 aromatic rings. The normalized spacial score (nSPS) is 16.5. The van der Waals surface area contributed by atoms with E-state index in [4.69, 9.17) is 4.55 Å². The summed E-state index contributed by atoms with van der Waals surface area (Å²) in [6, 6.07) is 16.2. The van der Waals surface area contributed by atoms with Crippen molar-refractivity contribution in [2.75, 3.05) is 58.0 Å². The molecule has 4 aromatic carbocycles. The van der Waals surface area contributed by atoms with Crippen LogP contribution in [0.2, 0.25) is 0 Å². The molecule has 0 radical (unpaired) electrons. The van der Waals surface area contributed by atoms with Gasteiger partial charge in [0.05, 0.1) is 23.6 Å². The summed E-state index contributed by atoms with van der Waals surface area (Å²) in [6.45, 7) is -0.326. The molecule has 0 aliphatic carbocycles. The van der Waals surface area contributed by atoms with Crippen LogP contribution in [0.4, 0.5) is 27.2 Å². The quantitative estimate of drug-likeness (QED) is 0.123. The molecule has 2 aliphatic rings. The fourth-order valence-electron chi connectivity index (χ4n) is 6.60. The smallest absolute Gasteiger partial charge is 0.320 e. The highest BCUT2D eigenvalue weighted by Crippen LogP contribution is 2.39. The summed E-state index contributed by atoms with van der Waals surface area (Å²) in [5.74, 6) is -3.35. The van der Waals surface area contributed by atoms with E-state index in [-0.39, 0.29) is 54.6 Å². The van der Waals surface area contributed by atoms with Gasteiger partial charge >= 0.3 is 12.1 Å². The molecule has 3 N–H and O–H groups in total. The van der Waals surface area contributed by atoms with Crippen molar-refractivity contribution >= 4 is 43.2 Å². The van der Waals surface area contributed by atoms with Gasteiger partial charge < -0.3 is 29.8 Å². The Morgan fingerprint density at radius 2 is 1.05 bits per heavy atom. The van der Waals surface area contributed by atoms with Gasteiger partial charge in [-0.1, -0.05) is 36.4 Å². The Labute approximate surface area is 344 Å². The number of benzene rings is 4. The molecule has 4 amide bonds. The number of nitrogens with zero attached hydrogens (tertiary/aromatic N) is 4. The highest BCUT2D eigenvalue weighted by atomic mass is 32.2. The van der Waals surface area contributed by atoms with E-state index in [9.17, 15) is 54.2 Å². The van der Waals surface area contributed by atoms with Crippen LogP contribution in [0.1, 0.15) is 34.3 Å². The van der Waals surface area contributed by atoms with E-state index in [1.165, 1.54) is 53.1 Å².